The van der Waals surface area contributed by atoms with Crippen molar-refractivity contribution in [2.24, 2.45) is 0 Å². The molecule has 0 saturated carbocycles. The minimum atomic E-state index is -0.986. The number of carboxylic acids is 1. The molecule has 88 valence electrons. The number of carbonyl (C=O) groups is 1. The molecule has 0 aliphatic rings. The van der Waals surface area contributed by atoms with Gasteiger partial charge in [0.25, 0.3) is 0 Å². The van der Waals surface area contributed by atoms with Crippen LogP contribution in [0.1, 0.15) is 10.5 Å². The van der Waals surface area contributed by atoms with Gasteiger partial charge in [-0.05, 0) is 30.3 Å². The zero-order chi connectivity index (χ0) is 12.5. The Morgan fingerprint density at radius 1 is 1.28 bits per heavy atom. The number of H-pyrrole nitrogens is 1. The van der Waals surface area contributed by atoms with Crippen molar-refractivity contribution in [2.45, 2.75) is 0 Å². The smallest absolute Gasteiger partial charge is 0.352 e. The zero-order valence-electron chi connectivity index (χ0n) is 9.29. The molecule has 3 rings (SSSR count). The first-order valence-corrected chi connectivity index (χ1v) is 5.38. The number of rotatable bonds is 2. The van der Waals surface area contributed by atoms with Gasteiger partial charge in [-0.25, -0.2) is 14.8 Å². The van der Waals surface area contributed by atoms with E-state index in [4.69, 9.17) is 5.11 Å². The van der Waals surface area contributed by atoms with E-state index in [-0.39, 0.29) is 5.69 Å². The van der Waals surface area contributed by atoms with E-state index in [0.717, 1.165) is 10.9 Å². The highest BCUT2D eigenvalue weighted by Gasteiger charge is 2.08. The summed E-state index contributed by atoms with van der Waals surface area (Å²) in [4.78, 5) is 22.1. The predicted octanol–water partition coefficient (Wildman–Crippen LogP) is 2.32. The van der Waals surface area contributed by atoms with Crippen LogP contribution < -0.4 is 0 Å². The van der Waals surface area contributed by atoms with Crippen molar-refractivity contribution in [1.29, 1.82) is 0 Å². The Morgan fingerprint density at radius 2 is 2.17 bits per heavy atom. The lowest BCUT2D eigenvalue weighted by molar-refractivity contribution is 0.0691. The number of hydrogen-bond acceptors (Lipinski definition) is 3. The van der Waals surface area contributed by atoms with Gasteiger partial charge in [-0.2, -0.15) is 0 Å². The highest BCUT2D eigenvalue weighted by molar-refractivity contribution is 5.88. The molecule has 3 aromatic heterocycles. The first-order chi connectivity index (χ1) is 8.74. The van der Waals surface area contributed by atoms with Gasteiger partial charge in [-0.1, -0.05) is 0 Å². The van der Waals surface area contributed by atoms with Crippen molar-refractivity contribution in [2.75, 3.05) is 0 Å². The third kappa shape index (κ3) is 1.71. The number of carboxylic acid groups (broad SMARTS) is 1. The molecule has 0 bridgehead atoms. The number of aromatic amines is 1. The van der Waals surface area contributed by atoms with Crippen molar-refractivity contribution in [1.82, 2.24) is 15.0 Å². The number of aromatic nitrogens is 3. The van der Waals surface area contributed by atoms with Crippen LogP contribution in [-0.4, -0.2) is 26.0 Å². The normalized spacial score (nSPS) is 10.7. The van der Waals surface area contributed by atoms with Crippen molar-refractivity contribution in [3.05, 3.63) is 48.4 Å². The maximum Gasteiger partial charge on any atom is 0.352 e. The largest absolute Gasteiger partial charge is 0.477 e. The Balaban J connectivity index is 2.10. The molecule has 0 aliphatic carbocycles. The first kappa shape index (κ1) is 10.5. The fraction of sp³-hybridized carbons (Fsp3) is 0. The zero-order valence-corrected chi connectivity index (χ0v) is 9.29. The highest BCUT2D eigenvalue weighted by atomic mass is 16.4. The summed E-state index contributed by atoms with van der Waals surface area (Å²) in [5.41, 5.74) is 2.23. The summed E-state index contributed by atoms with van der Waals surface area (Å²) < 4.78 is 0. The highest BCUT2D eigenvalue weighted by Crippen LogP contribution is 2.20. The molecule has 0 amide bonds. The lowest BCUT2D eigenvalue weighted by atomic mass is 10.2. The van der Waals surface area contributed by atoms with E-state index in [1.165, 1.54) is 0 Å². The molecule has 0 spiro atoms. The number of pyridine rings is 2. The average Bonchev–Trinajstić information content (AvgIpc) is 2.88. The Morgan fingerprint density at radius 3 is 2.94 bits per heavy atom. The molecule has 0 aliphatic heterocycles. The van der Waals surface area contributed by atoms with Crippen LogP contribution in [0.4, 0.5) is 0 Å². The summed E-state index contributed by atoms with van der Waals surface area (Å²) in [6.45, 7) is 0. The number of hydrogen-bond donors (Lipinski definition) is 2. The van der Waals surface area contributed by atoms with Gasteiger partial charge in [0, 0.05) is 23.3 Å². The van der Waals surface area contributed by atoms with Gasteiger partial charge in [0.1, 0.15) is 5.69 Å². The first-order valence-electron chi connectivity index (χ1n) is 5.38. The fourth-order valence-corrected chi connectivity index (χ4v) is 1.78. The van der Waals surface area contributed by atoms with Crippen LogP contribution >= 0.6 is 0 Å². The molecule has 0 radical (unpaired) electrons. The summed E-state index contributed by atoms with van der Waals surface area (Å²) in [6.07, 6.45) is 3.31. The molecule has 5 nitrogen and oxygen atoms in total. The standard InChI is InChI=1S/C13H9N3O2/c17-13(18)11-6-9(7-15-11)10-4-3-8-2-1-5-14-12(8)16-10/h1-7,15H,(H,17,18). The SMILES string of the molecule is O=C(O)c1cc(-c2ccc3cccnc3n2)c[nH]1. The molecular formula is C13H9N3O2. The summed E-state index contributed by atoms with van der Waals surface area (Å²) in [7, 11) is 0. The molecular weight excluding hydrogens is 230 g/mol. The Labute approximate surface area is 102 Å². The van der Waals surface area contributed by atoms with Crippen molar-refractivity contribution < 1.29 is 9.90 Å². The number of nitrogens with zero attached hydrogens (tertiary/aromatic N) is 2. The van der Waals surface area contributed by atoms with Gasteiger partial charge >= 0.3 is 5.97 Å². The molecule has 18 heavy (non-hydrogen) atoms. The Kier molecular flexibility index (Phi) is 2.30. The van der Waals surface area contributed by atoms with Gasteiger partial charge in [0.2, 0.25) is 0 Å². The average molecular weight is 239 g/mol. The maximum atomic E-state index is 10.8. The van der Waals surface area contributed by atoms with E-state index in [2.05, 4.69) is 15.0 Å². The minimum absolute atomic E-state index is 0.146. The summed E-state index contributed by atoms with van der Waals surface area (Å²) in [5, 5.41) is 9.81. The molecule has 0 atom stereocenters. The van der Waals surface area contributed by atoms with E-state index in [1.807, 2.05) is 24.3 Å². The molecule has 0 unspecified atom stereocenters. The van der Waals surface area contributed by atoms with Crippen LogP contribution in [0.25, 0.3) is 22.3 Å². The number of fused-ring (bicyclic) bond motifs is 1. The summed E-state index contributed by atoms with van der Waals surface area (Å²) in [5.74, 6) is -0.986. The second kappa shape index (κ2) is 3.96. The van der Waals surface area contributed by atoms with Gasteiger partial charge in [0.15, 0.2) is 5.65 Å². The molecule has 0 fully saturated rings. The fourth-order valence-electron chi connectivity index (χ4n) is 1.78. The second-order valence-corrected chi connectivity index (χ2v) is 3.85. The van der Waals surface area contributed by atoms with E-state index in [0.29, 0.717) is 11.3 Å². The summed E-state index contributed by atoms with van der Waals surface area (Å²) >= 11 is 0. The molecule has 0 aromatic carbocycles. The van der Waals surface area contributed by atoms with Crippen molar-refractivity contribution in [3.8, 4) is 11.3 Å². The number of nitrogens with one attached hydrogen (secondary N) is 1. The van der Waals surface area contributed by atoms with Gasteiger partial charge in [0.05, 0.1) is 5.69 Å². The predicted molar refractivity (Wildman–Crippen MR) is 66.3 cm³/mol. The Bertz CT molecular complexity index is 734. The van der Waals surface area contributed by atoms with Gasteiger partial charge in [-0.15, -0.1) is 0 Å². The van der Waals surface area contributed by atoms with Crippen LogP contribution in [0.5, 0.6) is 0 Å². The van der Waals surface area contributed by atoms with Crippen LogP contribution in [0.2, 0.25) is 0 Å². The molecule has 2 N–H and O–H groups in total. The molecule has 5 heteroatoms. The van der Waals surface area contributed by atoms with E-state index < -0.39 is 5.97 Å². The molecule has 3 heterocycles. The van der Waals surface area contributed by atoms with Gasteiger partial charge < -0.3 is 10.1 Å². The third-order valence-electron chi connectivity index (χ3n) is 2.67. The van der Waals surface area contributed by atoms with Crippen LogP contribution in [0.3, 0.4) is 0 Å². The lowest BCUT2D eigenvalue weighted by Crippen LogP contribution is -1.94. The van der Waals surface area contributed by atoms with E-state index in [9.17, 15) is 4.79 Å². The summed E-state index contributed by atoms with van der Waals surface area (Å²) in [6, 6.07) is 9.10. The van der Waals surface area contributed by atoms with E-state index >= 15 is 0 Å². The maximum absolute atomic E-state index is 10.8. The quantitative estimate of drug-likeness (QED) is 0.719. The topological polar surface area (TPSA) is 78.9 Å². The lowest BCUT2D eigenvalue weighted by Gasteiger charge is -1.99. The second-order valence-electron chi connectivity index (χ2n) is 3.85. The van der Waals surface area contributed by atoms with Crippen LogP contribution in [-0.2, 0) is 0 Å². The molecule has 3 aromatic rings. The van der Waals surface area contributed by atoms with Crippen LogP contribution in [0, 0.1) is 0 Å². The minimum Gasteiger partial charge on any atom is -0.477 e. The van der Waals surface area contributed by atoms with Gasteiger partial charge in [-0.3, -0.25) is 0 Å². The Hall–Kier alpha value is -2.69. The monoisotopic (exact) mass is 239 g/mol. The number of aromatic carboxylic acids is 1. The van der Waals surface area contributed by atoms with E-state index in [1.54, 1.807) is 18.5 Å². The van der Waals surface area contributed by atoms with Crippen molar-refractivity contribution in [3.63, 3.8) is 0 Å². The van der Waals surface area contributed by atoms with Crippen molar-refractivity contribution >= 4 is 17.0 Å². The molecule has 0 saturated heterocycles. The van der Waals surface area contributed by atoms with Crippen LogP contribution in [0.15, 0.2) is 42.7 Å². The third-order valence-corrected chi connectivity index (χ3v) is 2.67.